The number of hydrogen-bond donors (Lipinski definition) is 3. The van der Waals surface area contributed by atoms with Crippen LogP contribution in [0, 0.1) is 0 Å². The highest BCUT2D eigenvalue weighted by Crippen LogP contribution is 2.19. The molecule has 5 heteroatoms. The second-order valence-electron chi connectivity index (χ2n) is 5.25. The summed E-state index contributed by atoms with van der Waals surface area (Å²) in [4.78, 5) is 13.8. The van der Waals surface area contributed by atoms with Crippen molar-refractivity contribution in [1.29, 1.82) is 0 Å². The van der Waals surface area contributed by atoms with Crippen LogP contribution in [0.25, 0.3) is 0 Å². The van der Waals surface area contributed by atoms with Crippen LogP contribution in [0.3, 0.4) is 0 Å². The first-order valence-electron chi connectivity index (χ1n) is 6.48. The molecule has 3 atom stereocenters. The SMILES string of the molecule is CC(C(=O)NC1CCCC1)N1C[C@@H](O)[C@@H](O)C1. The molecule has 1 amide bonds. The molecular weight excluding hydrogens is 220 g/mol. The minimum atomic E-state index is -0.725. The molecule has 0 aromatic carbocycles. The number of β-amino-alcohol motifs (C(OH)–C–C–N with tert-alkyl or cyclic N) is 2. The van der Waals surface area contributed by atoms with Gasteiger partial charge in [0, 0.05) is 19.1 Å². The molecule has 98 valence electrons. The second kappa shape index (κ2) is 5.33. The van der Waals surface area contributed by atoms with E-state index < -0.39 is 12.2 Å². The van der Waals surface area contributed by atoms with E-state index in [1.807, 2.05) is 11.8 Å². The van der Waals surface area contributed by atoms with Crippen LogP contribution < -0.4 is 5.32 Å². The van der Waals surface area contributed by atoms with Crippen molar-refractivity contribution in [2.24, 2.45) is 0 Å². The lowest BCUT2D eigenvalue weighted by Gasteiger charge is -2.24. The van der Waals surface area contributed by atoms with E-state index in [9.17, 15) is 15.0 Å². The predicted molar refractivity (Wildman–Crippen MR) is 63.4 cm³/mol. The highest BCUT2D eigenvalue weighted by atomic mass is 16.3. The van der Waals surface area contributed by atoms with E-state index in [1.165, 1.54) is 12.8 Å². The van der Waals surface area contributed by atoms with Crippen LogP contribution in [-0.2, 0) is 4.79 Å². The first-order valence-corrected chi connectivity index (χ1v) is 6.48. The normalized spacial score (nSPS) is 32.9. The van der Waals surface area contributed by atoms with Gasteiger partial charge in [-0.2, -0.15) is 0 Å². The van der Waals surface area contributed by atoms with Gasteiger partial charge in [-0.3, -0.25) is 9.69 Å². The van der Waals surface area contributed by atoms with Gasteiger partial charge in [-0.15, -0.1) is 0 Å². The molecule has 2 fully saturated rings. The number of nitrogens with zero attached hydrogens (tertiary/aromatic N) is 1. The molecule has 0 radical (unpaired) electrons. The molecule has 0 spiro atoms. The average molecular weight is 242 g/mol. The summed E-state index contributed by atoms with van der Waals surface area (Å²) in [6.45, 7) is 2.58. The van der Waals surface area contributed by atoms with Crippen molar-refractivity contribution in [3.63, 3.8) is 0 Å². The van der Waals surface area contributed by atoms with Crippen LogP contribution in [0.4, 0.5) is 0 Å². The monoisotopic (exact) mass is 242 g/mol. The molecule has 3 N–H and O–H groups in total. The van der Waals surface area contributed by atoms with Crippen LogP contribution >= 0.6 is 0 Å². The van der Waals surface area contributed by atoms with Crippen molar-refractivity contribution >= 4 is 5.91 Å². The highest BCUT2D eigenvalue weighted by Gasteiger charge is 2.35. The fourth-order valence-electron chi connectivity index (χ4n) is 2.67. The van der Waals surface area contributed by atoms with E-state index in [-0.39, 0.29) is 11.9 Å². The van der Waals surface area contributed by atoms with Crippen LogP contribution in [0.1, 0.15) is 32.6 Å². The van der Waals surface area contributed by atoms with Gasteiger partial charge in [-0.1, -0.05) is 12.8 Å². The lowest BCUT2D eigenvalue weighted by atomic mass is 10.2. The number of hydrogen-bond acceptors (Lipinski definition) is 4. The van der Waals surface area contributed by atoms with E-state index in [4.69, 9.17) is 0 Å². The molecule has 1 unspecified atom stereocenters. The van der Waals surface area contributed by atoms with Gasteiger partial charge >= 0.3 is 0 Å². The number of carbonyl (C=O) groups excluding carboxylic acids is 1. The van der Waals surface area contributed by atoms with E-state index in [1.54, 1.807) is 0 Å². The topological polar surface area (TPSA) is 72.8 Å². The fourth-order valence-corrected chi connectivity index (χ4v) is 2.67. The van der Waals surface area contributed by atoms with Crippen LogP contribution in [0.2, 0.25) is 0 Å². The summed E-state index contributed by atoms with van der Waals surface area (Å²) >= 11 is 0. The average Bonchev–Trinajstić information content (AvgIpc) is 2.89. The molecule has 1 saturated carbocycles. The maximum Gasteiger partial charge on any atom is 0.237 e. The van der Waals surface area contributed by atoms with E-state index in [0.29, 0.717) is 19.1 Å². The Morgan fingerprint density at radius 2 is 1.76 bits per heavy atom. The van der Waals surface area contributed by atoms with Gasteiger partial charge < -0.3 is 15.5 Å². The third-order valence-electron chi connectivity index (χ3n) is 3.92. The van der Waals surface area contributed by atoms with Gasteiger partial charge in [0.15, 0.2) is 0 Å². The van der Waals surface area contributed by atoms with Crippen molar-refractivity contribution in [3.05, 3.63) is 0 Å². The molecule has 17 heavy (non-hydrogen) atoms. The number of carbonyl (C=O) groups is 1. The van der Waals surface area contributed by atoms with E-state index in [2.05, 4.69) is 5.32 Å². The summed E-state index contributed by atoms with van der Waals surface area (Å²) in [5.41, 5.74) is 0. The Balaban J connectivity index is 1.82. The number of rotatable bonds is 3. The minimum Gasteiger partial charge on any atom is -0.389 e. The molecule has 2 rings (SSSR count). The number of likely N-dealkylation sites (tertiary alicyclic amines) is 1. The smallest absolute Gasteiger partial charge is 0.237 e. The zero-order valence-corrected chi connectivity index (χ0v) is 10.3. The first-order chi connectivity index (χ1) is 8.08. The zero-order valence-electron chi connectivity index (χ0n) is 10.3. The molecule has 2 aliphatic rings. The Morgan fingerprint density at radius 3 is 2.29 bits per heavy atom. The number of nitrogens with one attached hydrogen (secondary N) is 1. The molecule has 0 aromatic heterocycles. The third kappa shape index (κ3) is 2.97. The summed E-state index contributed by atoms with van der Waals surface area (Å²) in [5, 5.41) is 22.0. The molecule has 0 aromatic rings. The lowest BCUT2D eigenvalue weighted by molar-refractivity contribution is -0.126. The lowest BCUT2D eigenvalue weighted by Crippen LogP contribution is -2.47. The van der Waals surface area contributed by atoms with Crippen molar-refractivity contribution in [3.8, 4) is 0 Å². The Morgan fingerprint density at radius 1 is 1.24 bits per heavy atom. The van der Waals surface area contributed by atoms with E-state index >= 15 is 0 Å². The summed E-state index contributed by atoms with van der Waals surface area (Å²) in [6.07, 6.45) is 3.09. The maximum atomic E-state index is 12.0. The largest absolute Gasteiger partial charge is 0.389 e. The van der Waals surface area contributed by atoms with Crippen molar-refractivity contribution in [2.45, 2.75) is 56.9 Å². The summed E-state index contributed by atoms with van der Waals surface area (Å²) < 4.78 is 0. The Bertz CT molecular complexity index is 269. The molecule has 5 nitrogen and oxygen atoms in total. The molecule has 0 bridgehead atoms. The summed E-state index contributed by atoms with van der Waals surface area (Å²) in [7, 11) is 0. The van der Waals surface area contributed by atoms with Gasteiger partial charge in [0.25, 0.3) is 0 Å². The van der Waals surface area contributed by atoms with Crippen molar-refractivity contribution < 1.29 is 15.0 Å². The number of aliphatic hydroxyl groups is 2. The fraction of sp³-hybridized carbons (Fsp3) is 0.917. The van der Waals surface area contributed by atoms with Gasteiger partial charge in [0.05, 0.1) is 18.2 Å². The standard InChI is InChI=1S/C12H22N2O3/c1-8(14-6-10(15)11(16)7-14)12(17)13-9-4-2-3-5-9/h8-11,15-16H,2-7H2,1H3,(H,13,17)/t8?,10-,11+. The third-order valence-corrected chi connectivity index (χ3v) is 3.92. The molecule has 1 saturated heterocycles. The molecule has 1 aliphatic heterocycles. The van der Waals surface area contributed by atoms with Crippen LogP contribution in [0.15, 0.2) is 0 Å². The first kappa shape index (κ1) is 12.8. The van der Waals surface area contributed by atoms with Crippen LogP contribution in [0.5, 0.6) is 0 Å². The Labute approximate surface area is 102 Å². The molecule has 1 heterocycles. The maximum absolute atomic E-state index is 12.0. The van der Waals surface area contributed by atoms with Gasteiger partial charge in [-0.05, 0) is 19.8 Å². The Kier molecular flexibility index (Phi) is 4.01. The van der Waals surface area contributed by atoms with Crippen molar-refractivity contribution in [1.82, 2.24) is 10.2 Å². The Hall–Kier alpha value is -0.650. The number of aliphatic hydroxyl groups excluding tert-OH is 2. The summed E-state index contributed by atoms with van der Waals surface area (Å²) in [6, 6.07) is 0.0461. The van der Waals surface area contributed by atoms with Crippen LogP contribution in [-0.4, -0.2) is 58.4 Å². The number of amides is 1. The quantitative estimate of drug-likeness (QED) is 0.622. The molecular formula is C12H22N2O3. The van der Waals surface area contributed by atoms with E-state index in [0.717, 1.165) is 12.8 Å². The van der Waals surface area contributed by atoms with Crippen molar-refractivity contribution in [2.75, 3.05) is 13.1 Å². The van der Waals surface area contributed by atoms with Gasteiger partial charge in [0.2, 0.25) is 5.91 Å². The van der Waals surface area contributed by atoms with Gasteiger partial charge in [0.1, 0.15) is 0 Å². The predicted octanol–water partition coefficient (Wildman–Crippen LogP) is -0.529. The summed E-state index contributed by atoms with van der Waals surface area (Å²) in [5.74, 6) is 0.0122. The minimum absolute atomic E-state index is 0.0122. The zero-order chi connectivity index (χ0) is 12.4. The molecule has 1 aliphatic carbocycles. The second-order valence-corrected chi connectivity index (χ2v) is 5.25. The van der Waals surface area contributed by atoms with Gasteiger partial charge in [-0.25, -0.2) is 0 Å². The highest BCUT2D eigenvalue weighted by molar-refractivity contribution is 5.81.